The second-order valence-electron chi connectivity index (χ2n) is 3.54. The number of ether oxygens (including phenoxy) is 1. The van der Waals surface area contributed by atoms with Crippen LogP contribution < -0.4 is 4.74 Å². The van der Waals surface area contributed by atoms with Gasteiger partial charge in [-0.25, -0.2) is 4.98 Å². The Morgan fingerprint density at radius 3 is 2.47 bits per heavy atom. The highest BCUT2D eigenvalue weighted by Crippen LogP contribution is 2.33. The SMILES string of the molecule is Fc1ncc(-c2ccccc2OC(F)(F)F)cc1I. The lowest BCUT2D eigenvalue weighted by molar-refractivity contribution is -0.274. The van der Waals surface area contributed by atoms with E-state index in [4.69, 9.17) is 0 Å². The van der Waals surface area contributed by atoms with E-state index in [0.717, 1.165) is 6.20 Å². The molecule has 19 heavy (non-hydrogen) atoms. The van der Waals surface area contributed by atoms with Crippen molar-refractivity contribution in [2.24, 2.45) is 0 Å². The van der Waals surface area contributed by atoms with Gasteiger partial charge in [0, 0.05) is 17.3 Å². The number of benzene rings is 1. The second kappa shape index (κ2) is 5.32. The summed E-state index contributed by atoms with van der Waals surface area (Å²) in [5, 5.41) is 0. The molecule has 0 N–H and O–H groups in total. The van der Waals surface area contributed by atoms with Crippen molar-refractivity contribution in [2.75, 3.05) is 0 Å². The standard InChI is InChI=1S/C12H6F4INO/c13-11-9(17)5-7(6-18-11)8-3-1-2-4-10(8)19-12(14,15)16/h1-6H. The van der Waals surface area contributed by atoms with Gasteiger partial charge >= 0.3 is 6.36 Å². The lowest BCUT2D eigenvalue weighted by Crippen LogP contribution is -2.17. The van der Waals surface area contributed by atoms with E-state index >= 15 is 0 Å². The third-order valence-corrected chi connectivity index (χ3v) is 2.98. The molecule has 1 heterocycles. The summed E-state index contributed by atoms with van der Waals surface area (Å²) in [6.07, 6.45) is -3.62. The quantitative estimate of drug-likeness (QED) is 0.436. The minimum atomic E-state index is -4.78. The third-order valence-electron chi connectivity index (χ3n) is 2.22. The maximum atomic E-state index is 13.1. The molecule has 0 unspecified atom stereocenters. The molecule has 2 nitrogen and oxygen atoms in total. The lowest BCUT2D eigenvalue weighted by atomic mass is 10.1. The molecule has 1 aromatic carbocycles. The molecule has 0 spiro atoms. The normalized spacial score (nSPS) is 11.4. The molecule has 0 saturated carbocycles. The zero-order valence-electron chi connectivity index (χ0n) is 9.21. The first-order valence-corrected chi connectivity index (χ1v) is 6.11. The second-order valence-corrected chi connectivity index (χ2v) is 4.70. The fraction of sp³-hybridized carbons (Fsp3) is 0.0833. The van der Waals surface area contributed by atoms with Crippen molar-refractivity contribution < 1.29 is 22.3 Å². The minimum Gasteiger partial charge on any atom is -0.405 e. The van der Waals surface area contributed by atoms with Crippen LogP contribution >= 0.6 is 22.6 Å². The molecule has 0 fully saturated rings. The van der Waals surface area contributed by atoms with Gasteiger partial charge in [0.15, 0.2) is 0 Å². The Hall–Kier alpha value is -1.38. The van der Waals surface area contributed by atoms with Gasteiger partial charge in [-0.15, -0.1) is 13.2 Å². The molecule has 2 rings (SSSR count). The molecule has 2 aromatic rings. The van der Waals surface area contributed by atoms with Crippen LogP contribution in [0.15, 0.2) is 36.5 Å². The first-order chi connectivity index (χ1) is 8.87. The summed E-state index contributed by atoms with van der Waals surface area (Å²) in [7, 11) is 0. The van der Waals surface area contributed by atoms with Gasteiger partial charge in [0.1, 0.15) is 5.75 Å². The number of halogens is 5. The van der Waals surface area contributed by atoms with Crippen LogP contribution in [0.4, 0.5) is 17.6 Å². The van der Waals surface area contributed by atoms with Gasteiger partial charge in [-0.3, -0.25) is 0 Å². The monoisotopic (exact) mass is 383 g/mol. The van der Waals surface area contributed by atoms with Crippen molar-refractivity contribution in [1.29, 1.82) is 0 Å². The average molecular weight is 383 g/mol. The molecule has 0 aliphatic carbocycles. The number of pyridine rings is 1. The number of rotatable bonds is 2. The molecule has 0 aliphatic heterocycles. The van der Waals surface area contributed by atoms with Crippen LogP contribution in [-0.2, 0) is 0 Å². The Morgan fingerprint density at radius 2 is 1.84 bits per heavy atom. The average Bonchev–Trinajstić information content (AvgIpc) is 2.31. The number of alkyl halides is 3. The molecule has 1 aromatic heterocycles. The molecule has 0 radical (unpaired) electrons. The summed E-state index contributed by atoms with van der Waals surface area (Å²) >= 11 is 1.72. The van der Waals surface area contributed by atoms with E-state index in [2.05, 4.69) is 9.72 Å². The Labute approximate surface area is 119 Å². The van der Waals surface area contributed by atoms with Gasteiger partial charge in [0.2, 0.25) is 5.95 Å². The maximum Gasteiger partial charge on any atom is 0.573 e. The van der Waals surface area contributed by atoms with Crippen molar-refractivity contribution in [3.63, 3.8) is 0 Å². The smallest absolute Gasteiger partial charge is 0.405 e. The zero-order chi connectivity index (χ0) is 14.0. The van der Waals surface area contributed by atoms with Crippen molar-refractivity contribution in [3.05, 3.63) is 46.0 Å². The highest BCUT2D eigenvalue weighted by Gasteiger charge is 2.32. The van der Waals surface area contributed by atoms with Crippen LogP contribution in [0.3, 0.4) is 0 Å². The Kier molecular flexibility index (Phi) is 3.93. The van der Waals surface area contributed by atoms with Crippen LogP contribution in [0.1, 0.15) is 0 Å². The van der Waals surface area contributed by atoms with Gasteiger partial charge < -0.3 is 4.74 Å². The van der Waals surface area contributed by atoms with E-state index in [1.165, 1.54) is 24.3 Å². The minimum absolute atomic E-state index is 0.199. The Morgan fingerprint density at radius 1 is 1.16 bits per heavy atom. The largest absolute Gasteiger partial charge is 0.573 e. The number of hydrogen-bond acceptors (Lipinski definition) is 2. The predicted molar refractivity (Wildman–Crippen MR) is 69.0 cm³/mol. The van der Waals surface area contributed by atoms with E-state index in [9.17, 15) is 17.6 Å². The maximum absolute atomic E-state index is 13.1. The molecule has 0 saturated heterocycles. The van der Waals surface area contributed by atoms with Crippen molar-refractivity contribution in [3.8, 4) is 16.9 Å². The van der Waals surface area contributed by atoms with Gasteiger partial charge in [-0.05, 0) is 34.7 Å². The zero-order valence-corrected chi connectivity index (χ0v) is 11.4. The topological polar surface area (TPSA) is 22.1 Å². The summed E-state index contributed by atoms with van der Waals surface area (Å²) in [6, 6.07) is 7.04. The summed E-state index contributed by atoms with van der Waals surface area (Å²) in [5.41, 5.74) is 0.552. The molecule has 0 atom stereocenters. The summed E-state index contributed by atoms with van der Waals surface area (Å²) in [6.45, 7) is 0. The van der Waals surface area contributed by atoms with Crippen molar-refractivity contribution >= 4 is 22.6 Å². The van der Waals surface area contributed by atoms with Gasteiger partial charge in [0.25, 0.3) is 0 Å². The molecule has 100 valence electrons. The van der Waals surface area contributed by atoms with E-state index in [1.54, 1.807) is 28.7 Å². The van der Waals surface area contributed by atoms with Crippen molar-refractivity contribution in [1.82, 2.24) is 4.98 Å². The van der Waals surface area contributed by atoms with Gasteiger partial charge in [-0.2, -0.15) is 4.39 Å². The number of aromatic nitrogens is 1. The summed E-state index contributed by atoms with van der Waals surface area (Å²) < 4.78 is 54.1. The third kappa shape index (κ3) is 3.55. The van der Waals surface area contributed by atoms with Crippen LogP contribution in [0, 0.1) is 9.52 Å². The number of hydrogen-bond donors (Lipinski definition) is 0. The molecule has 0 aliphatic rings. The Balaban J connectivity index is 2.47. The first kappa shape index (κ1) is 14.0. The van der Waals surface area contributed by atoms with E-state index in [1.807, 2.05) is 0 Å². The van der Waals surface area contributed by atoms with Crippen LogP contribution in [-0.4, -0.2) is 11.3 Å². The molecular weight excluding hydrogens is 377 g/mol. The molecule has 7 heteroatoms. The predicted octanol–water partition coefficient (Wildman–Crippen LogP) is 4.39. The number of nitrogens with zero attached hydrogens (tertiary/aromatic N) is 1. The highest BCUT2D eigenvalue weighted by molar-refractivity contribution is 14.1. The van der Waals surface area contributed by atoms with E-state index in [-0.39, 0.29) is 14.9 Å². The van der Waals surface area contributed by atoms with Gasteiger partial charge in [0.05, 0.1) is 3.57 Å². The van der Waals surface area contributed by atoms with Crippen molar-refractivity contribution in [2.45, 2.75) is 6.36 Å². The summed E-state index contributed by atoms with van der Waals surface area (Å²) in [4.78, 5) is 3.48. The lowest BCUT2D eigenvalue weighted by Gasteiger charge is -2.13. The fourth-order valence-corrected chi connectivity index (χ4v) is 1.96. The van der Waals surface area contributed by atoms with E-state index < -0.39 is 12.3 Å². The number of para-hydroxylation sites is 1. The van der Waals surface area contributed by atoms with Crippen LogP contribution in [0.25, 0.3) is 11.1 Å². The fourth-order valence-electron chi connectivity index (χ4n) is 1.49. The van der Waals surface area contributed by atoms with E-state index in [0.29, 0.717) is 5.56 Å². The molecule has 0 amide bonds. The van der Waals surface area contributed by atoms with Gasteiger partial charge in [-0.1, -0.05) is 18.2 Å². The first-order valence-electron chi connectivity index (χ1n) is 5.03. The van der Waals surface area contributed by atoms with Crippen LogP contribution in [0.5, 0.6) is 5.75 Å². The van der Waals surface area contributed by atoms with Crippen LogP contribution in [0.2, 0.25) is 0 Å². The molecular formula is C12H6F4INO. The summed E-state index contributed by atoms with van der Waals surface area (Å²) in [5.74, 6) is -1.02. The molecule has 0 bridgehead atoms. The Bertz CT molecular complexity index is 601. The highest BCUT2D eigenvalue weighted by atomic mass is 127.